The van der Waals surface area contributed by atoms with Gasteiger partial charge in [-0.1, -0.05) is 42.5 Å². The van der Waals surface area contributed by atoms with E-state index < -0.39 is 18.2 Å². The van der Waals surface area contributed by atoms with E-state index in [-0.39, 0.29) is 30.2 Å². The van der Waals surface area contributed by atoms with Crippen molar-refractivity contribution in [2.75, 3.05) is 20.1 Å². The van der Waals surface area contributed by atoms with Crippen LogP contribution in [-0.4, -0.2) is 66.0 Å². The van der Waals surface area contributed by atoms with Crippen LogP contribution in [-0.2, 0) is 22.6 Å². The van der Waals surface area contributed by atoms with Crippen molar-refractivity contribution >= 4 is 28.7 Å². The molecule has 2 aromatic carbocycles. The number of aromatic amines is 1. The molecule has 2 unspecified atom stereocenters. The quantitative estimate of drug-likeness (QED) is 0.148. The Hall–Kier alpha value is -3.89. The van der Waals surface area contributed by atoms with Gasteiger partial charge in [-0.15, -0.1) is 0 Å². The summed E-state index contributed by atoms with van der Waals surface area (Å²) in [5.74, 6) is 0.00723. The molecule has 0 spiro atoms. The Kier molecular flexibility index (Phi) is 8.37. The lowest BCUT2D eigenvalue weighted by Crippen LogP contribution is -2.57. The summed E-state index contributed by atoms with van der Waals surface area (Å²) >= 11 is 0. The number of carbonyl (C=O) groups is 2. The largest absolute Gasteiger partial charge is 0.445 e. The van der Waals surface area contributed by atoms with Crippen LogP contribution in [0.25, 0.3) is 10.9 Å². The van der Waals surface area contributed by atoms with Gasteiger partial charge in [0.05, 0.1) is 12.1 Å². The molecule has 0 saturated carbocycles. The number of benzene rings is 2. The van der Waals surface area contributed by atoms with E-state index in [1.165, 1.54) is 16.5 Å². The maximum Gasteiger partial charge on any atom is 0.408 e. The monoisotopic (exact) mass is 545 g/mol. The van der Waals surface area contributed by atoms with E-state index in [0.717, 1.165) is 23.9 Å². The van der Waals surface area contributed by atoms with Crippen molar-refractivity contribution in [3.05, 3.63) is 71.4 Å². The fourth-order valence-electron chi connectivity index (χ4n) is 6.40. The van der Waals surface area contributed by atoms with Gasteiger partial charge in [0.2, 0.25) is 0 Å². The molecule has 5 atom stereocenters. The number of ether oxygens (including phenoxy) is 1. The summed E-state index contributed by atoms with van der Waals surface area (Å²) in [5.41, 5.74) is 22.3. The number of alkyl carbamates (subject to hydrolysis) is 1. The first kappa shape index (κ1) is 27.7. The lowest BCUT2D eigenvalue weighted by molar-refractivity contribution is -0.124. The highest BCUT2D eigenvalue weighted by Crippen LogP contribution is 2.44. The van der Waals surface area contributed by atoms with Gasteiger partial charge >= 0.3 is 6.09 Å². The number of aromatic nitrogens is 1. The first-order valence-corrected chi connectivity index (χ1v) is 13.9. The SMILES string of the molecule is CN1CC(C(N)C(=O)[C@H](CCCN=C(N)N)NC(=O)OCc2ccccc2)C[C@@H]2c3cccc4[nH]cc(c34)C[C@H]21. The molecule has 5 rings (SSSR count). The van der Waals surface area contributed by atoms with Gasteiger partial charge in [0.25, 0.3) is 0 Å². The third-order valence-electron chi connectivity index (χ3n) is 8.39. The number of rotatable bonds is 10. The molecule has 2 aliphatic rings. The van der Waals surface area contributed by atoms with Crippen molar-refractivity contribution in [3.8, 4) is 0 Å². The molecule has 0 radical (unpaired) electrons. The number of hydrogen-bond acceptors (Lipinski definition) is 6. The van der Waals surface area contributed by atoms with E-state index in [2.05, 4.69) is 51.6 Å². The van der Waals surface area contributed by atoms with Crippen LogP contribution < -0.4 is 22.5 Å². The van der Waals surface area contributed by atoms with E-state index in [1.807, 2.05) is 30.3 Å². The van der Waals surface area contributed by atoms with Crippen LogP contribution >= 0.6 is 0 Å². The minimum Gasteiger partial charge on any atom is -0.445 e. The average molecular weight is 546 g/mol. The summed E-state index contributed by atoms with van der Waals surface area (Å²) < 4.78 is 5.40. The van der Waals surface area contributed by atoms with Gasteiger partial charge in [0.15, 0.2) is 11.7 Å². The maximum absolute atomic E-state index is 13.8. The molecule has 1 amide bonds. The number of ketones is 1. The van der Waals surface area contributed by atoms with E-state index in [9.17, 15) is 9.59 Å². The molecule has 1 fully saturated rings. The molecule has 3 aromatic rings. The van der Waals surface area contributed by atoms with Gasteiger partial charge in [-0.2, -0.15) is 0 Å². The second-order valence-corrected chi connectivity index (χ2v) is 11.0. The number of Topliss-reactive ketones (excluding diaryl/α,β-unsaturated/α-hetero) is 1. The molecule has 10 nitrogen and oxygen atoms in total. The first-order chi connectivity index (χ1) is 19.3. The normalized spacial score (nSPS) is 21.7. The summed E-state index contributed by atoms with van der Waals surface area (Å²) in [5, 5.41) is 4.07. The van der Waals surface area contributed by atoms with Crippen molar-refractivity contribution in [1.29, 1.82) is 0 Å². The van der Waals surface area contributed by atoms with Crippen molar-refractivity contribution in [2.45, 2.75) is 56.3 Å². The molecule has 10 heteroatoms. The highest BCUT2D eigenvalue weighted by atomic mass is 16.5. The molecule has 1 aliphatic heterocycles. The van der Waals surface area contributed by atoms with Gasteiger partial charge in [-0.05, 0) is 61.4 Å². The van der Waals surface area contributed by atoms with Crippen LogP contribution in [0.2, 0.25) is 0 Å². The predicted octanol–water partition coefficient (Wildman–Crippen LogP) is 2.37. The fourth-order valence-corrected chi connectivity index (χ4v) is 6.40. The van der Waals surface area contributed by atoms with E-state index in [4.69, 9.17) is 21.9 Å². The maximum atomic E-state index is 13.8. The minimum atomic E-state index is -0.804. The van der Waals surface area contributed by atoms with Gasteiger partial charge in [-0.25, -0.2) is 4.79 Å². The Balaban J connectivity index is 1.29. The molecule has 1 saturated heterocycles. The van der Waals surface area contributed by atoms with Crippen molar-refractivity contribution in [2.24, 2.45) is 28.1 Å². The molecule has 1 aliphatic carbocycles. The number of aliphatic imine (C=N–C) groups is 1. The van der Waals surface area contributed by atoms with E-state index >= 15 is 0 Å². The topological polar surface area (TPSA) is 165 Å². The summed E-state index contributed by atoms with van der Waals surface area (Å²) in [4.78, 5) is 36.3. The number of hydrogen-bond donors (Lipinski definition) is 5. The fraction of sp³-hybridized carbons (Fsp3) is 0.433. The van der Waals surface area contributed by atoms with Crippen LogP contribution in [0.3, 0.4) is 0 Å². The molecular formula is C30H39N7O3. The van der Waals surface area contributed by atoms with Crippen molar-refractivity contribution in [3.63, 3.8) is 0 Å². The standard InChI is InChI=1S/C30H39N7O3/c1-37-16-20(13-22-21-9-5-10-23-26(21)19(15-35-23)14-25(22)37)27(31)28(38)24(11-6-12-34-29(32)33)36-30(39)40-17-18-7-3-2-4-8-18/h2-5,7-10,15,20,22,24-25,27,35H,6,11-14,16-17,31H2,1H3,(H,36,39)(H4,32,33,34)/t20?,22-,24+,25-,27?/m1/s1. The number of fused-ring (bicyclic) bond motifs is 2. The lowest BCUT2D eigenvalue weighted by atomic mass is 9.70. The smallest absolute Gasteiger partial charge is 0.408 e. The number of nitrogens with one attached hydrogen (secondary N) is 2. The van der Waals surface area contributed by atoms with Gasteiger partial charge in [0.1, 0.15) is 6.61 Å². The van der Waals surface area contributed by atoms with Crippen LogP contribution in [0.15, 0.2) is 59.7 Å². The summed E-state index contributed by atoms with van der Waals surface area (Å²) in [6.45, 7) is 1.17. The Morgan fingerprint density at radius 3 is 2.75 bits per heavy atom. The van der Waals surface area contributed by atoms with Gasteiger partial charge in [0, 0.05) is 42.1 Å². The number of H-pyrrole nitrogens is 1. The van der Waals surface area contributed by atoms with Crippen molar-refractivity contribution < 1.29 is 14.3 Å². The Bertz CT molecular complexity index is 1370. The number of likely N-dealkylation sites (N-methyl/N-ethyl adjacent to an activating group) is 1. The van der Waals surface area contributed by atoms with Gasteiger partial charge < -0.3 is 37.1 Å². The van der Waals surface area contributed by atoms with Crippen molar-refractivity contribution in [1.82, 2.24) is 15.2 Å². The summed E-state index contributed by atoms with van der Waals surface area (Å²) in [6, 6.07) is 14.6. The number of amides is 1. The molecule has 8 N–H and O–H groups in total. The summed E-state index contributed by atoms with van der Waals surface area (Å²) in [7, 11) is 2.12. The molecular weight excluding hydrogens is 506 g/mol. The number of nitrogens with zero attached hydrogens (tertiary/aromatic N) is 2. The number of piperidine rings is 1. The summed E-state index contributed by atoms with van der Waals surface area (Å²) in [6.07, 6.45) is 4.10. The van der Waals surface area contributed by atoms with Gasteiger partial charge in [-0.3, -0.25) is 9.79 Å². The number of likely N-dealkylation sites (tertiary alicyclic amines) is 1. The number of nitrogens with two attached hydrogens (primary N) is 3. The number of guanidine groups is 1. The molecule has 1 aromatic heterocycles. The molecule has 40 heavy (non-hydrogen) atoms. The highest BCUT2D eigenvalue weighted by molar-refractivity contribution is 5.92. The molecule has 2 heterocycles. The zero-order valence-corrected chi connectivity index (χ0v) is 22.9. The lowest BCUT2D eigenvalue weighted by Gasteiger charge is -2.47. The van der Waals surface area contributed by atoms with E-state index in [1.54, 1.807) is 0 Å². The zero-order chi connectivity index (χ0) is 28.2. The highest BCUT2D eigenvalue weighted by Gasteiger charge is 2.43. The third kappa shape index (κ3) is 5.97. The molecule has 0 bridgehead atoms. The minimum absolute atomic E-state index is 0.0114. The Morgan fingerprint density at radius 2 is 1.98 bits per heavy atom. The van der Waals surface area contributed by atoms with Crippen LogP contribution in [0.1, 0.15) is 41.9 Å². The average Bonchev–Trinajstić information content (AvgIpc) is 3.37. The second kappa shape index (κ2) is 12.1. The van der Waals surface area contributed by atoms with Crippen LogP contribution in [0.4, 0.5) is 4.79 Å². The second-order valence-electron chi connectivity index (χ2n) is 11.0. The first-order valence-electron chi connectivity index (χ1n) is 13.9. The zero-order valence-electron chi connectivity index (χ0n) is 22.9. The van der Waals surface area contributed by atoms with Crippen LogP contribution in [0.5, 0.6) is 0 Å². The Morgan fingerprint density at radius 1 is 1.18 bits per heavy atom. The predicted molar refractivity (Wildman–Crippen MR) is 156 cm³/mol. The number of carbonyl (C=O) groups excluding carboxylic acids is 2. The molecule has 212 valence electrons. The van der Waals surface area contributed by atoms with E-state index in [0.29, 0.717) is 32.0 Å². The Labute approximate surface area is 234 Å². The van der Waals surface area contributed by atoms with Crippen LogP contribution in [0, 0.1) is 5.92 Å². The third-order valence-corrected chi connectivity index (χ3v) is 8.39.